The molecular formula is C18H25NO2S. The molecule has 0 aliphatic carbocycles. The van der Waals surface area contributed by atoms with Crippen LogP contribution in [0.25, 0.3) is 10.9 Å². The summed E-state index contributed by atoms with van der Waals surface area (Å²) in [5.41, 5.74) is 2.76. The Hall–Kier alpha value is -0.970. The number of hydrogen-bond acceptors (Lipinski definition) is 3. The Kier molecular flexibility index (Phi) is 4.53. The topological polar surface area (TPSA) is 23.4 Å². The van der Waals surface area contributed by atoms with Crippen LogP contribution in [0, 0.1) is 5.92 Å². The van der Waals surface area contributed by atoms with Crippen molar-refractivity contribution in [1.29, 1.82) is 0 Å². The lowest BCUT2D eigenvalue weighted by molar-refractivity contribution is -0.261. The van der Waals surface area contributed by atoms with Gasteiger partial charge in [0.2, 0.25) is 0 Å². The van der Waals surface area contributed by atoms with E-state index in [4.69, 9.17) is 9.47 Å². The molecule has 1 fully saturated rings. The maximum atomic E-state index is 5.83. The molecule has 0 saturated carbocycles. The minimum Gasteiger partial charge on any atom is -0.350 e. The van der Waals surface area contributed by atoms with Gasteiger partial charge in [-0.25, -0.2) is 0 Å². The van der Waals surface area contributed by atoms with Crippen LogP contribution < -0.4 is 0 Å². The Morgan fingerprint density at radius 1 is 1.23 bits per heavy atom. The number of thioether (sulfide) groups is 1. The van der Waals surface area contributed by atoms with E-state index < -0.39 is 5.79 Å². The third-order valence-electron chi connectivity index (χ3n) is 4.26. The number of benzene rings is 1. The van der Waals surface area contributed by atoms with Gasteiger partial charge in [-0.3, -0.25) is 0 Å². The molecule has 1 aromatic carbocycles. The van der Waals surface area contributed by atoms with Crippen molar-refractivity contribution < 1.29 is 9.47 Å². The molecule has 1 saturated heterocycles. The van der Waals surface area contributed by atoms with Gasteiger partial charge in [0.05, 0.1) is 18.2 Å². The van der Waals surface area contributed by atoms with Gasteiger partial charge in [-0.1, -0.05) is 25.1 Å². The van der Waals surface area contributed by atoms with E-state index in [-0.39, 0.29) is 0 Å². The second-order valence-electron chi connectivity index (χ2n) is 6.38. The molecule has 3 rings (SSSR count). The van der Waals surface area contributed by atoms with E-state index in [9.17, 15) is 0 Å². The quantitative estimate of drug-likeness (QED) is 0.788. The van der Waals surface area contributed by atoms with Gasteiger partial charge in [-0.15, -0.1) is 11.8 Å². The Labute approximate surface area is 137 Å². The second kappa shape index (κ2) is 6.26. The molecule has 0 unspecified atom stereocenters. The van der Waals surface area contributed by atoms with E-state index in [0.717, 1.165) is 25.4 Å². The minimum absolute atomic E-state index is 0.426. The minimum atomic E-state index is -0.434. The fourth-order valence-electron chi connectivity index (χ4n) is 3.10. The summed E-state index contributed by atoms with van der Waals surface area (Å²) < 4.78 is 14.0. The van der Waals surface area contributed by atoms with Gasteiger partial charge in [-0.2, -0.15) is 0 Å². The molecule has 2 aromatic rings. The van der Waals surface area contributed by atoms with Crippen molar-refractivity contribution in [3.8, 4) is 0 Å². The van der Waals surface area contributed by atoms with Gasteiger partial charge in [0.25, 0.3) is 0 Å². The normalized spacial score (nSPS) is 18.9. The number of rotatable bonds is 4. The standard InChI is InChI=1S/C18H25NO2S/c1-5-22-17-15(10-13-11-20-18(2,3)21-12-13)14-8-6-7-9-16(14)19(17)4/h6-9,13H,5,10-12H2,1-4H3. The van der Waals surface area contributed by atoms with Crippen molar-refractivity contribution in [2.45, 2.75) is 38.0 Å². The van der Waals surface area contributed by atoms with Crippen molar-refractivity contribution in [1.82, 2.24) is 4.57 Å². The van der Waals surface area contributed by atoms with Gasteiger partial charge in [0, 0.05) is 23.9 Å². The van der Waals surface area contributed by atoms with Gasteiger partial charge >= 0.3 is 0 Å². The predicted octanol–water partition coefficient (Wildman–Crippen LogP) is 4.23. The summed E-state index contributed by atoms with van der Waals surface area (Å²) in [6, 6.07) is 8.68. The first-order valence-electron chi connectivity index (χ1n) is 7.99. The Morgan fingerprint density at radius 2 is 1.91 bits per heavy atom. The van der Waals surface area contributed by atoms with E-state index in [1.165, 1.54) is 21.5 Å². The van der Waals surface area contributed by atoms with E-state index in [2.05, 4.69) is 42.8 Å². The monoisotopic (exact) mass is 319 g/mol. The van der Waals surface area contributed by atoms with Crippen molar-refractivity contribution in [3.63, 3.8) is 0 Å². The van der Waals surface area contributed by atoms with E-state index in [0.29, 0.717) is 5.92 Å². The molecule has 4 heteroatoms. The van der Waals surface area contributed by atoms with Crippen LogP contribution in [-0.4, -0.2) is 29.3 Å². The largest absolute Gasteiger partial charge is 0.350 e. The van der Waals surface area contributed by atoms with Gasteiger partial charge in [0.15, 0.2) is 5.79 Å². The van der Waals surface area contributed by atoms with E-state index in [1.54, 1.807) is 0 Å². The Balaban J connectivity index is 1.91. The molecule has 0 bridgehead atoms. The fraction of sp³-hybridized carbons (Fsp3) is 0.556. The predicted molar refractivity (Wildman–Crippen MR) is 92.5 cm³/mol. The highest BCUT2D eigenvalue weighted by Crippen LogP contribution is 2.35. The third kappa shape index (κ3) is 3.05. The third-order valence-corrected chi connectivity index (χ3v) is 5.34. The SMILES string of the molecule is CCSc1c(CC2COC(C)(C)OC2)c2ccccc2n1C. The molecule has 1 aliphatic rings. The van der Waals surface area contributed by atoms with Crippen LogP contribution in [0.5, 0.6) is 0 Å². The fourth-order valence-corrected chi connectivity index (χ4v) is 4.03. The maximum absolute atomic E-state index is 5.83. The zero-order chi connectivity index (χ0) is 15.7. The molecule has 120 valence electrons. The molecule has 0 N–H and O–H groups in total. The van der Waals surface area contributed by atoms with Crippen molar-refractivity contribution in [3.05, 3.63) is 29.8 Å². The summed E-state index contributed by atoms with van der Waals surface area (Å²) in [6.07, 6.45) is 1.01. The number of para-hydroxylation sites is 1. The van der Waals surface area contributed by atoms with Crippen molar-refractivity contribution in [2.75, 3.05) is 19.0 Å². The highest BCUT2D eigenvalue weighted by molar-refractivity contribution is 7.99. The summed E-state index contributed by atoms with van der Waals surface area (Å²) in [5, 5.41) is 2.75. The summed E-state index contributed by atoms with van der Waals surface area (Å²) in [6.45, 7) is 7.72. The number of ether oxygens (including phenoxy) is 2. The average Bonchev–Trinajstić information content (AvgIpc) is 2.76. The second-order valence-corrected chi connectivity index (χ2v) is 7.64. The first kappa shape index (κ1) is 15.9. The first-order chi connectivity index (χ1) is 10.5. The van der Waals surface area contributed by atoms with Gasteiger partial charge in [-0.05, 0) is 37.7 Å². The molecule has 0 spiro atoms. The maximum Gasteiger partial charge on any atom is 0.162 e. The summed E-state index contributed by atoms with van der Waals surface area (Å²) in [7, 11) is 2.17. The van der Waals surface area contributed by atoms with Gasteiger partial charge in [0.1, 0.15) is 0 Å². The lowest BCUT2D eigenvalue weighted by Crippen LogP contribution is -2.39. The summed E-state index contributed by atoms with van der Waals surface area (Å²) >= 11 is 1.92. The highest BCUT2D eigenvalue weighted by atomic mass is 32.2. The van der Waals surface area contributed by atoms with Crippen LogP contribution >= 0.6 is 11.8 Å². The molecule has 0 atom stereocenters. The summed E-state index contributed by atoms with van der Waals surface area (Å²) in [5.74, 6) is 1.08. The van der Waals surface area contributed by atoms with Gasteiger partial charge < -0.3 is 14.0 Å². The average molecular weight is 319 g/mol. The van der Waals surface area contributed by atoms with Crippen LogP contribution in [0.15, 0.2) is 29.3 Å². The molecule has 2 heterocycles. The van der Waals surface area contributed by atoms with Crippen molar-refractivity contribution >= 4 is 22.7 Å². The van der Waals surface area contributed by atoms with Crippen LogP contribution in [0.2, 0.25) is 0 Å². The zero-order valence-electron chi connectivity index (χ0n) is 13.9. The first-order valence-corrected chi connectivity index (χ1v) is 8.97. The number of aryl methyl sites for hydroxylation is 1. The molecule has 22 heavy (non-hydrogen) atoms. The van der Waals surface area contributed by atoms with E-state index in [1.807, 2.05) is 25.6 Å². The molecule has 1 aliphatic heterocycles. The molecular weight excluding hydrogens is 294 g/mol. The molecule has 0 radical (unpaired) electrons. The Bertz CT molecular complexity index is 652. The highest BCUT2D eigenvalue weighted by Gasteiger charge is 2.29. The lowest BCUT2D eigenvalue weighted by atomic mass is 9.99. The van der Waals surface area contributed by atoms with Crippen LogP contribution in [-0.2, 0) is 22.9 Å². The molecule has 3 nitrogen and oxygen atoms in total. The van der Waals surface area contributed by atoms with Crippen LogP contribution in [0.1, 0.15) is 26.3 Å². The smallest absolute Gasteiger partial charge is 0.162 e. The molecule has 1 aromatic heterocycles. The van der Waals surface area contributed by atoms with Crippen LogP contribution in [0.3, 0.4) is 0 Å². The summed E-state index contributed by atoms with van der Waals surface area (Å²) in [4.78, 5) is 0. The van der Waals surface area contributed by atoms with E-state index >= 15 is 0 Å². The number of fused-ring (bicyclic) bond motifs is 1. The molecule has 0 amide bonds. The zero-order valence-corrected chi connectivity index (χ0v) is 14.7. The Morgan fingerprint density at radius 3 is 2.59 bits per heavy atom. The number of hydrogen-bond donors (Lipinski definition) is 0. The number of aromatic nitrogens is 1. The number of nitrogens with zero attached hydrogens (tertiary/aromatic N) is 1. The van der Waals surface area contributed by atoms with Crippen molar-refractivity contribution in [2.24, 2.45) is 13.0 Å². The lowest BCUT2D eigenvalue weighted by Gasteiger charge is -2.35. The van der Waals surface area contributed by atoms with Crippen LogP contribution in [0.4, 0.5) is 0 Å².